The molecule has 14 heavy (non-hydrogen) atoms. The summed E-state index contributed by atoms with van der Waals surface area (Å²) < 4.78 is 12.7. The molecule has 1 aliphatic rings. The summed E-state index contributed by atoms with van der Waals surface area (Å²) in [7, 11) is 0. The molecule has 0 amide bonds. The average Bonchev–Trinajstić information content (AvgIpc) is 2.85. The van der Waals surface area contributed by atoms with Crippen LogP contribution < -0.4 is 5.32 Å². The summed E-state index contributed by atoms with van der Waals surface area (Å²) in [5.41, 5.74) is 1.36. The molecule has 0 heterocycles. The van der Waals surface area contributed by atoms with Crippen LogP contribution in [0.3, 0.4) is 0 Å². The maximum absolute atomic E-state index is 12.7. The Bertz CT molecular complexity index is 312. The first-order chi connectivity index (χ1) is 6.62. The molecular formula is C12H16FN. The molecule has 0 saturated heterocycles. The molecule has 0 aromatic heterocycles. The molecule has 1 aromatic rings. The summed E-state index contributed by atoms with van der Waals surface area (Å²) in [6.07, 6.45) is 2.33. The van der Waals surface area contributed by atoms with E-state index in [0.717, 1.165) is 12.8 Å². The van der Waals surface area contributed by atoms with Crippen LogP contribution in [0.5, 0.6) is 0 Å². The lowest BCUT2D eigenvalue weighted by molar-refractivity contribution is 0.461. The largest absolute Gasteiger partial charge is 0.305 e. The molecule has 1 nitrogen and oxygen atoms in total. The standard InChI is InChI=1S/C12H16FN/c1-9(2)14-12(7-8-12)10-3-5-11(13)6-4-10/h3-6,9,14H,7-8H2,1-2H3. The minimum absolute atomic E-state index is 0.141. The zero-order valence-electron chi connectivity index (χ0n) is 8.68. The molecule has 0 spiro atoms. The molecule has 1 fully saturated rings. The minimum Gasteiger partial charge on any atom is -0.305 e. The molecule has 2 heteroatoms. The number of hydrogen-bond donors (Lipinski definition) is 1. The van der Waals surface area contributed by atoms with Gasteiger partial charge >= 0.3 is 0 Å². The molecule has 1 aromatic carbocycles. The third-order valence-electron chi connectivity index (χ3n) is 2.71. The number of hydrogen-bond acceptors (Lipinski definition) is 1. The molecule has 0 radical (unpaired) electrons. The van der Waals surface area contributed by atoms with E-state index < -0.39 is 0 Å². The van der Waals surface area contributed by atoms with Crippen molar-refractivity contribution in [2.75, 3.05) is 0 Å². The SMILES string of the molecule is CC(C)NC1(c2ccc(F)cc2)CC1. The summed E-state index contributed by atoms with van der Waals surface area (Å²) in [5.74, 6) is -0.158. The Morgan fingerprint density at radius 2 is 1.79 bits per heavy atom. The van der Waals surface area contributed by atoms with Gasteiger partial charge < -0.3 is 5.32 Å². The Balaban J connectivity index is 2.18. The van der Waals surface area contributed by atoms with Crippen LogP contribution in [-0.4, -0.2) is 6.04 Å². The van der Waals surface area contributed by atoms with Crippen molar-refractivity contribution in [2.45, 2.75) is 38.3 Å². The number of benzene rings is 1. The van der Waals surface area contributed by atoms with E-state index in [4.69, 9.17) is 0 Å². The lowest BCUT2D eigenvalue weighted by atomic mass is 10.0. The highest BCUT2D eigenvalue weighted by Crippen LogP contribution is 2.45. The zero-order chi connectivity index (χ0) is 10.2. The summed E-state index contributed by atoms with van der Waals surface area (Å²) in [6.45, 7) is 4.28. The second-order valence-corrected chi connectivity index (χ2v) is 4.39. The summed E-state index contributed by atoms with van der Waals surface area (Å²) >= 11 is 0. The van der Waals surface area contributed by atoms with Crippen LogP contribution in [0, 0.1) is 5.82 Å². The smallest absolute Gasteiger partial charge is 0.123 e. The van der Waals surface area contributed by atoms with Crippen molar-refractivity contribution >= 4 is 0 Å². The predicted molar refractivity (Wildman–Crippen MR) is 55.6 cm³/mol. The first kappa shape index (κ1) is 9.66. The van der Waals surface area contributed by atoms with Crippen molar-refractivity contribution in [1.29, 1.82) is 0 Å². The fourth-order valence-electron chi connectivity index (χ4n) is 1.96. The van der Waals surface area contributed by atoms with Gasteiger partial charge in [-0.15, -0.1) is 0 Å². The van der Waals surface area contributed by atoms with Gasteiger partial charge in [-0.25, -0.2) is 4.39 Å². The highest BCUT2D eigenvalue weighted by molar-refractivity contribution is 5.30. The molecule has 0 atom stereocenters. The number of halogens is 1. The van der Waals surface area contributed by atoms with Gasteiger partial charge in [-0.1, -0.05) is 26.0 Å². The minimum atomic E-state index is -0.158. The highest BCUT2D eigenvalue weighted by Gasteiger charge is 2.44. The fraction of sp³-hybridized carbons (Fsp3) is 0.500. The molecule has 0 aliphatic heterocycles. The van der Waals surface area contributed by atoms with Gasteiger partial charge in [0.2, 0.25) is 0 Å². The summed E-state index contributed by atoms with van der Waals surface area (Å²) in [4.78, 5) is 0. The van der Waals surface area contributed by atoms with E-state index >= 15 is 0 Å². The maximum Gasteiger partial charge on any atom is 0.123 e. The Morgan fingerprint density at radius 1 is 1.21 bits per heavy atom. The molecule has 0 unspecified atom stereocenters. The van der Waals surface area contributed by atoms with E-state index in [9.17, 15) is 4.39 Å². The topological polar surface area (TPSA) is 12.0 Å². The van der Waals surface area contributed by atoms with Gasteiger partial charge in [0.25, 0.3) is 0 Å². The van der Waals surface area contributed by atoms with Crippen molar-refractivity contribution in [3.05, 3.63) is 35.6 Å². The van der Waals surface area contributed by atoms with Gasteiger partial charge in [-0.05, 0) is 30.5 Å². The molecule has 1 N–H and O–H groups in total. The van der Waals surface area contributed by atoms with Gasteiger partial charge in [0.05, 0.1) is 0 Å². The Morgan fingerprint density at radius 3 is 2.21 bits per heavy atom. The first-order valence-electron chi connectivity index (χ1n) is 5.16. The van der Waals surface area contributed by atoms with Gasteiger partial charge in [-0.3, -0.25) is 0 Å². The Hall–Kier alpha value is -0.890. The maximum atomic E-state index is 12.7. The van der Waals surface area contributed by atoms with E-state index in [-0.39, 0.29) is 11.4 Å². The molecule has 2 rings (SSSR count). The van der Waals surface area contributed by atoms with Crippen LogP contribution >= 0.6 is 0 Å². The highest BCUT2D eigenvalue weighted by atomic mass is 19.1. The Kier molecular flexibility index (Phi) is 2.31. The van der Waals surface area contributed by atoms with Gasteiger partial charge in [0.1, 0.15) is 5.82 Å². The van der Waals surface area contributed by atoms with E-state index in [2.05, 4.69) is 19.2 Å². The van der Waals surface area contributed by atoms with Crippen LogP contribution in [-0.2, 0) is 5.54 Å². The molecular weight excluding hydrogens is 177 g/mol. The lowest BCUT2D eigenvalue weighted by Crippen LogP contribution is -2.34. The molecule has 1 aliphatic carbocycles. The van der Waals surface area contributed by atoms with E-state index in [1.807, 2.05) is 12.1 Å². The van der Waals surface area contributed by atoms with Crippen LogP contribution in [0.2, 0.25) is 0 Å². The van der Waals surface area contributed by atoms with E-state index in [1.54, 1.807) is 0 Å². The molecule has 0 bridgehead atoms. The van der Waals surface area contributed by atoms with Crippen LogP contribution in [0.15, 0.2) is 24.3 Å². The first-order valence-corrected chi connectivity index (χ1v) is 5.16. The molecule has 1 saturated carbocycles. The third kappa shape index (κ3) is 1.80. The van der Waals surface area contributed by atoms with Crippen molar-refractivity contribution in [2.24, 2.45) is 0 Å². The third-order valence-corrected chi connectivity index (χ3v) is 2.71. The molecule has 76 valence electrons. The van der Waals surface area contributed by atoms with Crippen molar-refractivity contribution in [3.63, 3.8) is 0 Å². The summed E-state index contributed by atoms with van der Waals surface area (Å²) in [6, 6.07) is 7.33. The predicted octanol–water partition coefficient (Wildman–Crippen LogP) is 2.81. The van der Waals surface area contributed by atoms with Crippen LogP contribution in [0.4, 0.5) is 4.39 Å². The monoisotopic (exact) mass is 193 g/mol. The van der Waals surface area contributed by atoms with Crippen LogP contribution in [0.1, 0.15) is 32.3 Å². The van der Waals surface area contributed by atoms with Crippen molar-refractivity contribution < 1.29 is 4.39 Å². The second kappa shape index (κ2) is 3.35. The Labute approximate surface area is 84.3 Å². The number of rotatable bonds is 3. The normalized spacial score (nSPS) is 18.6. The quantitative estimate of drug-likeness (QED) is 0.778. The van der Waals surface area contributed by atoms with Crippen molar-refractivity contribution in [3.8, 4) is 0 Å². The number of nitrogens with one attached hydrogen (secondary N) is 1. The van der Waals surface area contributed by atoms with E-state index in [1.165, 1.54) is 17.7 Å². The van der Waals surface area contributed by atoms with Crippen molar-refractivity contribution in [1.82, 2.24) is 5.32 Å². The summed E-state index contributed by atoms with van der Waals surface area (Å²) in [5, 5.41) is 3.54. The average molecular weight is 193 g/mol. The van der Waals surface area contributed by atoms with Crippen LogP contribution in [0.25, 0.3) is 0 Å². The van der Waals surface area contributed by atoms with Gasteiger partial charge in [-0.2, -0.15) is 0 Å². The lowest BCUT2D eigenvalue weighted by Gasteiger charge is -2.20. The fourth-order valence-corrected chi connectivity index (χ4v) is 1.96. The zero-order valence-corrected chi connectivity index (χ0v) is 8.68. The van der Waals surface area contributed by atoms with Gasteiger partial charge in [0.15, 0.2) is 0 Å². The van der Waals surface area contributed by atoms with E-state index in [0.29, 0.717) is 6.04 Å². The second-order valence-electron chi connectivity index (χ2n) is 4.39. The van der Waals surface area contributed by atoms with Gasteiger partial charge in [0, 0.05) is 11.6 Å².